The summed E-state index contributed by atoms with van der Waals surface area (Å²) in [4.78, 5) is 5.42. The Morgan fingerprint density at radius 3 is 2.72 bits per heavy atom. The minimum absolute atomic E-state index is 0.517. The molecule has 3 rings (SSSR count). The van der Waals surface area contributed by atoms with Gasteiger partial charge >= 0.3 is 0 Å². The molecule has 6 heteroatoms. The molecule has 3 aromatic rings. The first-order valence-corrected chi connectivity index (χ1v) is 5.68. The largest absolute Gasteiger partial charge is 0.264 e. The van der Waals surface area contributed by atoms with Gasteiger partial charge in [0.05, 0.1) is 5.02 Å². The lowest BCUT2D eigenvalue weighted by molar-refractivity contribution is 0.720. The van der Waals surface area contributed by atoms with Crippen molar-refractivity contribution in [3.63, 3.8) is 0 Å². The van der Waals surface area contributed by atoms with Crippen LogP contribution >= 0.6 is 11.6 Å². The molecule has 0 aliphatic heterocycles. The van der Waals surface area contributed by atoms with Crippen LogP contribution in [0.5, 0.6) is 0 Å². The summed E-state index contributed by atoms with van der Waals surface area (Å²) in [7, 11) is 0. The Kier molecular flexibility index (Phi) is 2.74. The second kappa shape index (κ2) is 4.54. The number of nitrogens with zero attached hydrogens (tertiary/aromatic N) is 5. The number of hydrogen-bond donors (Lipinski definition) is 0. The zero-order chi connectivity index (χ0) is 12.4. The van der Waals surface area contributed by atoms with Gasteiger partial charge in [-0.25, -0.2) is 0 Å². The number of tetrazole rings is 1. The monoisotopic (exact) mass is 257 g/mol. The van der Waals surface area contributed by atoms with Crippen molar-refractivity contribution >= 4 is 11.6 Å². The topological polar surface area (TPSA) is 56.5 Å². The smallest absolute Gasteiger partial charge is 0.206 e. The first-order chi connectivity index (χ1) is 8.84. The lowest BCUT2D eigenvalue weighted by atomic mass is 10.3. The molecule has 1 aromatic carbocycles. The summed E-state index contributed by atoms with van der Waals surface area (Å²) >= 11 is 6.07. The predicted octanol–water partition coefficient (Wildman–Crippen LogP) is 2.38. The molecule has 0 saturated heterocycles. The molecule has 0 amide bonds. The number of pyridine rings is 1. The fraction of sp³-hybridized carbons (Fsp3) is 0. The number of benzene rings is 1. The maximum atomic E-state index is 6.07. The fourth-order valence-electron chi connectivity index (χ4n) is 1.54. The van der Waals surface area contributed by atoms with E-state index in [1.165, 1.54) is 4.80 Å². The van der Waals surface area contributed by atoms with Gasteiger partial charge in [0.15, 0.2) is 0 Å². The van der Waals surface area contributed by atoms with Crippen LogP contribution in [0.3, 0.4) is 0 Å². The third-order valence-corrected chi connectivity index (χ3v) is 2.72. The van der Waals surface area contributed by atoms with E-state index in [9.17, 15) is 0 Å². The number of halogens is 1. The SMILES string of the molecule is Clc1ccccc1-n1nnc(-c2cccnc2)n1. The van der Waals surface area contributed by atoms with Crippen molar-refractivity contribution in [2.45, 2.75) is 0 Å². The summed E-state index contributed by atoms with van der Waals surface area (Å²) in [6, 6.07) is 11.0. The van der Waals surface area contributed by atoms with Crippen LogP contribution in [0, 0.1) is 0 Å². The van der Waals surface area contributed by atoms with Gasteiger partial charge in [-0.2, -0.15) is 0 Å². The lowest BCUT2D eigenvalue weighted by Crippen LogP contribution is -1.99. The van der Waals surface area contributed by atoms with Crippen LogP contribution in [0.1, 0.15) is 0 Å². The Bertz CT molecular complexity index is 665. The molecule has 2 heterocycles. The van der Waals surface area contributed by atoms with Crippen molar-refractivity contribution in [2.75, 3.05) is 0 Å². The summed E-state index contributed by atoms with van der Waals surface area (Å²) in [5.41, 5.74) is 1.51. The van der Waals surface area contributed by atoms with E-state index in [1.807, 2.05) is 30.3 Å². The average molecular weight is 258 g/mol. The van der Waals surface area contributed by atoms with Gasteiger partial charge in [-0.1, -0.05) is 23.7 Å². The van der Waals surface area contributed by atoms with Crippen LogP contribution in [0.2, 0.25) is 5.02 Å². The van der Waals surface area contributed by atoms with Crippen LogP contribution < -0.4 is 0 Å². The van der Waals surface area contributed by atoms with E-state index in [1.54, 1.807) is 18.5 Å². The van der Waals surface area contributed by atoms with Crippen LogP contribution in [-0.4, -0.2) is 25.2 Å². The fourth-order valence-corrected chi connectivity index (χ4v) is 1.75. The van der Waals surface area contributed by atoms with Crippen LogP contribution in [-0.2, 0) is 0 Å². The van der Waals surface area contributed by atoms with Gasteiger partial charge in [-0.15, -0.1) is 15.0 Å². The molecule has 88 valence electrons. The number of rotatable bonds is 2. The van der Waals surface area contributed by atoms with Crippen molar-refractivity contribution in [2.24, 2.45) is 0 Å². The van der Waals surface area contributed by atoms with Crippen LogP contribution in [0.25, 0.3) is 17.1 Å². The van der Waals surface area contributed by atoms with Crippen LogP contribution in [0.4, 0.5) is 0 Å². The summed E-state index contributed by atoms with van der Waals surface area (Å²) in [5, 5.41) is 12.8. The van der Waals surface area contributed by atoms with Crippen molar-refractivity contribution in [1.29, 1.82) is 0 Å². The molecule has 0 unspecified atom stereocenters. The Hall–Kier alpha value is -2.27. The highest BCUT2D eigenvalue weighted by atomic mass is 35.5. The summed E-state index contributed by atoms with van der Waals surface area (Å²) < 4.78 is 0. The maximum absolute atomic E-state index is 6.07. The first-order valence-electron chi connectivity index (χ1n) is 5.30. The molecule has 0 spiro atoms. The van der Waals surface area contributed by atoms with Gasteiger partial charge in [-0.05, 0) is 29.5 Å². The van der Waals surface area contributed by atoms with Gasteiger partial charge in [0.1, 0.15) is 5.69 Å². The van der Waals surface area contributed by atoms with E-state index in [0.717, 1.165) is 5.56 Å². The third kappa shape index (κ3) is 1.96. The average Bonchev–Trinajstić information content (AvgIpc) is 2.90. The normalized spacial score (nSPS) is 10.5. The van der Waals surface area contributed by atoms with Gasteiger partial charge < -0.3 is 0 Å². The standard InChI is InChI=1S/C12H8ClN5/c13-10-5-1-2-6-11(10)18-16-12(15-17-18)9-4-3-7-14-8-9/h1-8H. The Morgan fingerprint density at radius 1 is 1.06 bits per heavy atom. The number of aromatic nitrogens is 5. The Labute approximate surface area is 108 Å². The van der Waals surface area contributed by atoms with E-state index < -0.39 is 0 Å². The minimum Gasteiger partial charge on any atom is -0.264 e. The summed E-state index contributed by atoms with van der Waals surface area (Å²) in [6.07, 6.45) is 3.38. The van der Waals surface area contributed by atoms with E-state index in [4.69, 9.17) is 11.6 Å². The summed E-state index contributed by atoms with van der Waals surface area (Å²) in [5.74, 6) is 0.517. The predicted molar refractivity (Wildman–Crippen MR) is 67.4 cm³/mol. The first kappa shape index (κ1) is 10.9. The molecular weight excluding hydrogens is 250 g/mol. The molecule has 2 aromatic heterocycles. The highest BCUT2D eigenvalue weighted by Gasteiger charge is 2.09. The second-order valence-electron chi connectivity index (χ2n) is 3.60. The molecule has 0 saturated carbocycles. The zero-order valence-corrected chi connectivity index (χ0v) is 9.99. The molecule has 0 fully saturated rings. The highest BCUT2D eigenvalue weighted by Crippen LogP contribution is 2.19. The number of hydrogen-bond acceptors (Lipinski definition) is 4. The molecule has 5 nitrogen and oxygen atoms in total. The van der Waals surface area contributed by atoms with Gasteiger partial charge in [0.2, 0.25) is 5.82 Å². The van der Waals surface area contributed by atoms with Crippen molar-refractivity contribution < 1.29 is 0 Å². The van der Waals surface area contributed by atoms with E-state index in [2.05, 4.69) is 20.4 Å². The minimum atomic E-state index is 0.517. The van der Waals surface area contributed by atoms with Gasteiger partial charge in [0.25, 0.3) is 0 Å². The highest BCUT2D eigenvalue weighted by molar-refractivity contribution is 6.32. The van der Waals surface area contributed by atoms with Crippen molar-refractivity contribution in [3.05, 3.63) is 53.8 Å². The number of para-hydroxylation sites is 1. The summed E-state index contributed by atoms with van der Waals surface area (Å²) in [6.45, 7) is 0. The van der Waals surface area contributed by atoms with Crippen molar-refractivity contribution in [3.8, 4) is 17.1 Å². The molecule has 0 atom stereocenters. The van der Waals surface area contributed by atoms with Crippen LogP contribution in [0.15, 0.2) is 48.8 Å². The van der Waals surface area contributed by atoms with Gasteiger partial charge in [0, 0.05) is 18.0 Å². The van der Waals surface area contributed by atoms with Crippen molar-refractivity contribution in [1.82, 2.24) is 25.2 Å². The molecule has 0 bridgehead atoms. The lowest BCUT2D eigenvalue weighted by Gasteiger charge is -1.99. The zero-order valence-electron chi connectivity index (χ0n) is 9.23. The second-order valence-corrected chi connectivity index (χ2v) is 4.00. The molecule has 0 radical (unpaired) electrons. The molecule has 18 heavy (non-hydrogen) atoms. The van der Waals surface area contributed by atoms with E-state index >= 15 is 0 Å². The Balaban J connectivity index is 2.03. The molecule has 0 aliphatic rings. The van der Waals surface area contributed by atoms with Gasteiger partial charge in [-0.3, -0.25) is 4.98 Å². The molecule has 0 N–H and O–H groups in total. The van der Waals surface area contributed by atoms with E-state index in [0.29, 0.717) is 16.5 Å². The quantitative estimate of drug-likeness (QED) is 0.707. The van der Waals surface area contributed by atoms with E-state index in [-0.39, 0.29) is 0 Å². The third-order valence-electron chi connectivity index (χ3n) is 2.40. The molecule has 0 aliphatic carbocycles. The maximum Gasteiger partial charge on any atom is 0.206 e. The molecular formula is C12H8ClN5. The Morgan fingerprint density at radius 2 is 1.94 bits per heavy atom.